The zero-order valence-corrected chi connectivity index (χ0v) is 13.0. The highest BCUT2D eigenvalue weighted by atomic mass is 31.1. The van der Waals surface area contributed by atoms with Crippen molar-refractivity contribution in [2.24, 2.45) is 0 Å². The Morgan fingerprint density at radius 2 is 1.32 bits per heavy atom. The first-order valence-electron chi connectivity index (χ1n) is 7.52. The van der Waals surface area contributed by atoms with Gasteiger partial charge in [-0.2, -0.15) is 0 Å². The van der Waals surface area contributed by atoms with Crippen molar-refractivity contribution in [2.45, 2.75) is 84.0 Å². The molecule has 0 saturated heterocycles. The molecule has 0 amide bonds. The van der Waals surface area contributed by atoms with Crippen LogP contribution in [0.15, 0.2) is 0 Å². The van der Waals surface area contributed by atoms with Crippen LogP contribution in [-0.4, -0.2) is 5.97 Å². The number of rotatable bonds is 13. The molecule has 0 aromatic carbocycles. The third-order valence-electron chi connectivity index (χ3n) is 3.16. The number of carbonyl (C=O) groups excluding carboxylic acids is 1. The first kappa shape index (κ1) is 18.5. The van der Waals surface area contributed by atoms with Crippen molar-refractivity contribution in [3.63, 3.8) is 0 Å². The van der Waals surface area contributed by atoms with Gasteiger partial charge < -0.3 is 4.89 Å². The van der Waals surface area contributed by atoms with E-state index in [1.54, 1.807) is 0 Å². The summed E-state index contributed by atoms with van der Waals surface area (Å²) in [7, 11) is -3.03. The fourth-order valence-electron chi connectivity index (χ4n) is 2.06. The highest BCUT2D eigenvalue weighted by molar-refractivity contribution is 7.31. The fourth-order valence-corrected chi connectivity index (χ4v) is 2.32. The summed E-state index contributed by atoms with van der Waals surface area (Å²) in [6.45, 7) is 2.23. The highest BCUT2D eigenvalue weighted by Gasteiger charge is 2.11. The van der Waals surface area contributed by atoms with E-state index in [0.717, 1.165) is 19.3 Å². The summed E-state index contributed by atoms with van der Waals surface area (Å²) in [5.41, 5.74) is 0. The van der Waals surface area contributed by atoms with E-state index >= 15 is 0 Å². The van der Waals surface area contributed by atoms with Gasteiger partial charge in [0.25, 0.3) is 0 Å². The molecule has 0 N–H and O–H groups in total. The summed E-state index contributed by atoms with van der Waals surface area (Å²) in [6, 6.07) is 0. The van der Waals surface area contributed by atoms with Gasteiger partial charge in [0, 0.05) is 0 Å². The molecular weight excluding hydrogens is 263 g/mol. The Balaban J connectivity index is 3.10. The van der Waals surface area contributed by atoms with E-state index in [1.807, 2.05) is 0 Å². The van der Waals surface area contributed by atoms with Crippen LogP contribution in [0.3, 0.4) is 0 Å². The lowest BCUT2D eigenvalue weighted by atomic mass is 10.1. The Morgan fingerprint density at radius 1 is 0.895 bits per heavy atom. The number of carbonyl (C=O) groups is 1. The maximum Gasteiger partial charge on any atom is 0.542 e. The molecule has 0 aromatic rings. The van der Waals surface area contributed by atoms with E-state index in [-0.39, 0.29) is 6.42 Å². The summed E-state index contributed by atoms with van der Waals surface area (Å²) >= 11 is 0. The van der Waals surface area contributed by atoms with E-state index in [4.69, 9.17) is 0 Å². The van der Waals surface area contributed by atoms with Gasteiger partial charge in [0.15, 0.2) is 0 Å². The van der Waals surface area contributed by atoms with Crippen LogP contribution in [0.5, 0.6) is 0 Å². The first-order valence-corrected chi connectivity index (χ1v) is 8.61. The molecular formula is C14H27O4P. The molecule has 0 aliphatic heterocycles. The monoisotopic (exact) mass is 290 g/mol. The minimum absolute atomic E-state index is 0.209. The lowest BCUT2D eigenvalue weighted by Gasteiger charge is -2.01. The van der Waals surface area contributed by atoms with Gasteiger partial charge in [0.1, 0.15) is 0 Å². The van der Waals surface area contributed by atoms with Crippen molar-refractivity contribution < 1.29 is 18.8 Å². The largest absolute Gasteiger partial charge is 0.558 e. The molecule has 0 aromatic heterocycles. The predicted octanol–water partition coefficient (Wildman–Crippen LogP) is 4.25. The predicted molar refractivity (Wildman–Crippen MR) is 74.8 cm³/mol. The van der Waals surface area contributed by atoms with Crippen LogP contribution in [0.2, 0.25) is 0 Å². The number of hydrogen-bond donors (Lipinski definition) is 0. The molecule has 0 fully saturated rings. The fraction of sp³-hybridized carbons (Fsp3) is 0.929. The maximum atomic E-state index is 10.9. The average Bonchev–Trinajstić information content (AvgIpc) is 2.35. The van der Waals surface area contributed by atoms with Gasteiger partial charge in [-0.15, -0.1) is 0 Å². The molecule has 1 atom stereocenters. The molecule has 0 rings (SSSR count). The Kier molecular flexibility index (Phi) is 13.6. The second kappa shape index (κ2) is 14.0. The number of unbranched alkanes of at least 4 members (excludes halogenated alkanes) is 10. The van der Waals surface area contributed by atoms with Gasteiger partial charge in [0.05, 0.1) is 6.42 Å². The van der Waals surface area contributed by atoms with E-state index in [1.165, 1.54) is 51.4 Å². The zero-order chi connectivity index (χ0) is 14.3. The van der Waals surface area contributed by atoms with E-state index in [9.17, 15) is 14.3 Å². The van der Waals surface area contributed by atoms with Crippen LogP contribution in [0.4, 0.5) is 0 Å². The molecule has 0 spiro atoms. The SMILES string of the molecule is CCCCCCCCCCCCCC(=O)O[P+](=O)[O-]. The van der Waals surface area contributed by atoms with Gasteiger partial charge in [-0.05, 0) is 11.0 Å². The molecule has 112 valence electrons. The Bertz CT molecular complexity index is 244. The van der Waals surface area contributed by atoms with Crippen molar-refractivity contribution in [3.8, 4) is 0 Å². The standard InChI is InChI=1S/C14H27O4P/c1-2-3-4-5-6-7-8-9-10-11-12-13-14(15)18-19(16)17/h2-13H2,1H3. The van der Waals surface area contributed by atoms with Crippen LogP contribution in [-0.2, 0) is 13.9 Å². The van der Waals surface area contributed by atoms with Crippen molar-refractivity contribution >= 4 is 14.2 Å². The zero-order valence-electron chi connectivity index (χ0n) is 12.1. The van der Waals surface area contributed by atoms with Crippen molar-refractivity contribution in [3.05, 3.63) is 0 Å². The third kappa shape index (κ3) is 15.5. The molecule has 4 nitrogen and oxygen atoms in total. The summed E-state index contributed by atoms with van der Waals surface area (Å²) in [4.78, 5) is 21.0. The van der Waals surface area contributed by atoms with Gasteiger partial charge in [-0.1, -0.05) is 71.1 Å². The second-order valence-corrected chi connectivity index (χ2v) is 5.60. The van der Waals surface area contributed by atoms with Crippen molar-refractivity contribution in [1.82, 2.24) is 0 Å². The van der Waals surface area contributed by atoms with Crippen LogP contribution in [0.25, 0.3) is 0 Å². The molecule has 0 aliphatic rings. The molecule has 0 radical (unpaired) electrons. The summed E-state index contributed by atoms with van der Waals surface area (Å²) in [5, 5.41) is 0. The molecule has 0 bridgehead atoms. The topological polar surface area (TPSA) is 66.4 Å². The Hall–Kier alpha value is -0.470. The lowest BCUT2D eigenvalue weighted by Crippen LogP contribution is -2.02. The van der Waals surface area contributed by atoms with Gasteiger partial charge in [-0.3, -0.25) is 0 Å². The second-order valence-electron chi connectivity index (χ2n) is 4.97. The van der Waals surface area contributed by atoms with Crippen LogP contribution >= 0.6 is 8.25 Å². The highest BCUT2D eigenvalue weighted by Crippen LogP contribution is 2.14. The summed E-state index contributed by atoms with van der Waals surface area (Å²) in [5.74, 6) is -0.632. The summed E-state index contributed by atoms with van der Waals surface area (Å²) < 4.78 is 14.2. The van der Waals surface area contributed by atoms with Gasteiger partial charge in [-0.25, -0.2) is 9.32 Å². The van der Waals surface area contributed by atoms with E-state index in [2.05, 4.69) is 11.4 Å². The molecule has 0 aliphatic carbocycles. The van der Waals surface area contributed by atoms with E-state index in [0.29, 0.717) is 0 Å². The van der Waals surface area contributed by atoms with Crippen LogP contribution in [0.1, 0.15) is 84.0 Å². The first-order chi connectivity index (χ1) is 9.16. The van der Waals surface area contributed by atoms with Gasteiger partial charge >= 0.3 is 14.2 Å². The minimum Gasteiger partial charge on any atom is -0.558 e. The Labute approximate surface area is 117 Å². The number of hydrogen-bond acceptors (Lipinski definition) is 4. The molecule has 1 unspecified atom stereocenters. The molecule has 0 heterocycles. The quantitative estimate of drug-likeness (QED) is 0.375. The average molecular weight is 290 g/mol. The van der Waals surface area contributed by atoms with Crippen LogP contribution in [0, 0.1) is 0 Å². The van der Waals surface area contributed by atoms with Crippen molar-refractivity contribution in [1.29, 1.82) is 0 Å². The minimum atomic E-state index is -3.03. The molecule has 5 heteroatoms. The van der Waals surface area contributed by atoms with E-state index < -0.39 is 14.2 Å². The molecule has 0 saturated carbocycles. The lowest BCUT2D eigenvalue weighted by molar-refractivity contribution is -0.188. The molecule has 19 heavy (non-hydrogen) atoms. The third-order valence-corrected chi connectivity index (χ3v) is 3.51. The maximum absolute atomic E-state index is 10.9. The Morgan fingerprint density at radius 3 is 1.74 bits per heavy atom. The van der Waals surface area contributed by atoms with Gasteiger partial charge in [0.2, 0.25) is 0 Å². The van der Waals surface area contributed by atoms with Crippen LogP contribution < -0.4 is 4.89 Å². The smallest absolute Gasteiger partial charge is 0.542 e. The normalized spacial score (nSPS) is 11.4. The summed E-state index contributed by atoms with van der Waals surface area (Å²) in [6.07, 6.45) is 13.5. The van der Waals surface area contributed by atoms with Crippen molar-refractivity contribution in [2.75, 3.05) is 0 Å².